The van der Waals surface area contributed by atoms with Gasteiger partial charge in [-0.25, -0.2) is 0 Å². The van der Waals surface area contributed by atoms with Crippen LogP contribution in [0.2, 0.25) is 0 Å². The van der Waals surface area contributed by atoms with Crippen molar-refractivity contribution in [2.24, 2.45) is 0 Å². The highest BCUT2D eigenvalue weighted by Crippen LogP contribution is 2.43. The number of unbranched alkanes of at least 4 members (excludes halogenated alkanes) is 1. The first-order valence-electron chi connectivity index (χ1n) is 9.22. The number of Topliss-reactive ketones (excluding diaryl/α,β-unsaturated/α-hetero) is 1. The first-order valence-corrected chi connectivity index (χ1v) is 9.22. The van der Waals surface area contributed by atoms with Gasteiger partial charge < -0.3 is 19.5 Å². The molecule has 1 amide bonds. The summed E-state index contributed by atoms with van der Waals surface area (Å²) in [6.07, 6.45) is 0.387. The molecule has 0 unspecified atom stereocenters. The molecule has 1 atom stereocenters. The lowest BCUT2D eigenvalue weighted by molar-refractivity contribution is -0.135. The average molecular weight is 394 g/mol. The molecule has 150 valence electrons. The van der Waals surface area contributed by atoms with Crippen molar-refractivity contribution in [1.82, 2.24) is 0 Å². The summed E-state index contributed by atoms with van der Waals surface area (Å²) < 4.78 is 10.4. The maximum atomic E-state index is 13.1. The predicted molar refractivity (Wildman–Crippen MR) is 106 cm³/mol. The summed E-state index contributed by atoms with van der Waals surface area (Å²) in [6.45, 7) is 0.302. The highest BCUT2D eigenvalue weighted by molar-refractivity contribution is 6.10. The minimum absolute atomic E-state index is 0.301. The number of carbonyl (C=O) groups excluding carboxylic acids is 2. The number of benzene rings is 2. The molecule has 0 radical (unpaired) electrons. The van der Waals surface area contributed by atoms with E-state index in [1.54, 1.807) is 36.4 Å². The van der Waals surface area contributed by atoms with E-state index < -0.39 is 23.7 Å². The van der Waals surface area contributed by atoms with E-state index in [0.29, 0.717) is 47.7 Å². The van der Waals surface area contributed by atoms with Crippen LogP contribution in [0.4, 0.5) is 5.69 Å². The fourth-order valence-corrected chi connectivity index (χ4v) is 3.56. The fourth-order valence-electron chi connectivity index (χ4n) is 3.56. The Morgan fingerprint density at radius 1 is 1.17 bits per heavy atom. The van der Waals surface area contributed by atoms with Crippen molar-refractivity contribution in [3.8, 4) is 17.6 Å². The lowest BCUT2D eigenvalue weighted by Crippen LogP contribution is -2.42. The van der Waals surface area contributed by atoms with Crippen LogP contribution in [-0.4, -0.2) is 37.6 Å². The third-order valence-electron chi connectivity index (χ3n) is 5.03. The first-order chi connectivity index (χ1) is 14.0. The van der Waals surface area contributed by atoms with Crippen molar-refractivity contribution < 1.29 is 24.2 Å². The van der Waals surface area contributed by atoms with Gasteiger partial charge in [-0.15, -0.1) is 0 Å². The molecule has 3 rings (SSSR count). The van der Waals surface area contributed by atoms with Crippen molar-refractivity contribution in [3.63, 3.8) is 0 Å². The molecule has 0 aliphatic carbocycles. The molecule has 1 aliphatic rings. The van der Waals surface area contributed by atoms with E-state index in [1.165, 1.54) is 25.2 Å². The molecule has 0 saturated carbocycles. The molecule has 7 heteroatoms. The van der Waals surface area contributed by atoms with E-state index in [1.807, 2.05) is 6.07 Å². The van der Waals surface area contributed by atoms with Crippen LogP contribution in [0.15, 0.2) is 42.5 Å². The Kier molecular flexibility index (Phi) is 5.85. The number of amides is 1. The van der Waals surface area contributed by atoms with Crippen molar-refractivity contribution in [2.45, 2.75) is 24.9 Å². The fraction of sp³-hybridized carbons (Fsp3) is 0.318. The molecule has 0 spiro atoms. The number of carbonyl (C=O) groups is 2. The largest absolute Gasteiger partial charge is 0.493 e. The summed E-state index contributed by atoms with van der Waals surface area (Å²) in [5.41, 5.74) is -0.675. The molecular weight excluding hydrogens is 372 g/mol. The second-order valence-corrected chi connectivity index (χ2v) is 6.77. The van der Waals surface area contributed by atoms with Gasteiger partial charge in [0.1, 0.15) is 0 Å². The van der Waals surface area contributed by atoms with E-state index in [-0.39, 0.29) is 0 Å². The van der Waals surface area contributed by atoms with Gasteiger partial charge in [-0.3, -0.25) is 9.59 Å². The quantitative estimate of drug-likeness (QED) is 0.546. The molecule has 1 heterocycles. The Morgan fingerprint density at radius 3 is 2.59 bits per heavy atom. The van der Waals surface area contributed by atoms with Gasteiger partial charge in [-0.2, -0.15) is 5.26 Å². The standard InChI is InChI=1S/C22H22N2O5/c1-28-19-10-9-15(13-20(19)29-2)18(25)14-22(27)16-7-3-4-8-17(16)24(21(22)26)12-6-5-11-23/h3-4,7-10,13,27H,5-6,12,14H2,1-2H3/t22-/m1/s1. The Labute approximate surface area is 169 Å². The number of ether oxygens (including phenoxy) is 2. The number of ketones is 1. The Hall–Kier alpha value is -3.37. The summed E-state index contributed by atoms with van der Waals surface area (Å²) in [7, 11) is 2.96. The van der Waals surface area contributed by atoms with Crippen LogP contribution in [0.25, 0.3) is 0 Å². The second kappa shape index (κ2) is 8.33. The summed E-state index contributed by atoms with van der Waals surface area (Å²) in [5, 5.41) is 20.0. The molecular formula is C22H22N2O5. The zero-order valence-corrected chi connectivity index (χ0v) is 16.3. The molecule has 1 N–H and O–H groups in total. The van der Waals surface area contributed by atoms with Crippen LogP contribution in [0, 0.1) is 11.3 Å². The van der Waals surface area contributed by atoms with Crippen LogP contribution < -0.4 is 14.4 Å². The van der Waals surface area contributed by atoms with Gasteiger partial charge in [-0.1, -0.05) is 18.2 Å². The number of nitriles is 1. The minimum Gasteiger partial charge on any atom is -0.493 e. The number of para-hydroxylation sites is 1. The van der Waals surface area contributed by atoms with Crippen molar-refractivity contribution in [1.29, 1.82) is 5.26 Å². The topological polar surface area (TPSA) is 99.9 Å². The van der Waals surface area contributed by atoms with Crippen molar-refractivity contribution in [3.05, 3.63) is 53.6 Å². The van der Waals surface area contributed by atoms with Crippen molar-refractivity contribution in [2.75, 3.05) is 25.7 Å². The summed E-state index contributed by atoms with van der Waals surface area (Å²) in [6, 6.07) is 13.6. The van der Waals surface area contributed by atoms with Gasteiger partial charge in [0.15, 0.2) is 22.9 Å². The zero-order valence-electron chi connectivity index (χ0n) is 16.3. The number of anilines is 1. The van der Waals surface area contributed by atoms with Gasteiger partial charge in [-0.05, 0) is 30.7 Å². The number of aliphatic hydroxyl groups is 1. The molecule has 0 aromatic heterocycles. The molecule has 0 fully saturated rings. The molecule has 0 bridgehead atoms. The number of rotatable bonds is 8. The third kappa shape index (κ3) is 3.67. The lowest BCUT2D eigenvalue weighted by atomic mass is 9.88. The maximum Gasteiger partial charge on any atom is 0.264 e. The normalized spacial score (nSPS) is 17.6. The number of methoxy groups -OCH3 is 2. The first kappa shape index (κ1) is 20.4. The monoisotopic (exact) mass is 394 g/mol. The van der Waals surface area contributed by atoms with Gasteiger partial charge in [0, 0.05) is 24.1 Å². The summed E-state index contributed by atoms with van der Waals surface area (Å²) in [4.78, 5) is 27.4. The number of nitrogens with zero attached hydrogens (tertiary/aromatic N) is 2. The Morgan fingerprint density at radius 2 is 1.90 bits per heavy atom. The molecule has 1 aliphatic heterocycles. The van der Waals surface area contributed by atoms with Crippen molar-refractivity contribution >= 4 is 17.4 Å². The van der Waals surface area contributed by atoms with E-state index in [9.17, 15) is 14.7 Å². The molecule has 2 aromatic carbocycles. The Bertz CT molecular complexity index is 981. The van der Waals surface area contributed by atoms with E-state index in [0.717, 1.165) is 0 Å². The van der Waals surface area contributed by atoms with Crippen LogP contribution in [-0.2, 0) is 10.4 Å². The highest BCUT2D eigenvalue weighted by atomic mass is 16.5. The van der Waals surface area contributed by atoms with E-state index in [4.69, 9.17) is 14.7 Å². The van der Waals surface area contributed by atoms with Crippen LogP contribution in [0.3, 0.4) is 0 Å². The third-order valence-corrected chi connectivity index (χ3v) is 5.03. The molecule has 2 aromatic rings. The van der Waals surface area contributed by atoms with Gasteiger partial charge >= 0.3 is 0 Å². The molecule has 7 nitrogen and oxygen atoms in total. The summed E-state index contributed by atoms with van der Waals surface area (Å²) >= 11 is 0. The SMILES string of the molecule is COc1ccc(C(=O)C[C@]2(O)C(=O)N(CCCC#N)c3ccccc32)cc1OC. The van der Waals surface area contributed by atoms with Crippen LogP contribution in [0.5, 0.6) is 11.5 Å². The Balaban J connectivity index is 1.90. The highest BCUT2D eigenvalue weighted by Gasteiger charge is 2.50. The smallest absolute Gasteiger partial charge is 0.264 e. The predicted octanol–water partition coefficient (Wildman–Crippen LogP) is 2.81. The van der Waals surface area contributed by atoms with Gasteiger partial charge in [0.05, 0.1) is 32.4 Å². The zero-order chi connectivity index (χ0) is 21.0. The number of hydrogen-bond donors (Lipinski definition) is 1. The number of hydrogen-bond acceptors (Lipinski definition) is 6. The number of fused-ring (bicyclic) bond motifs is 1. The van der Waals surface area contributed by atoms with Crippen LogP contribution >= 0.6 is 0 Å². The summed E-state index contributed by atoms with van der Waals surface area (Å²) in [5.74, 6) is -0.0729. The van der Waals surface area contributed by atoms with E-state index >= 15 is 0 Å². The molecule has 29 heavy (non-hydrogen) atoms. The molecule has 0 saturated heterocycles. The maximum absolute atomic E-state index is 13.1. The van der Waals surface area contributed by atoms with E-state index in [2.05, 4.69) is 0 Å². The van der Waals surface area contributed by atoms with Crippen LogP contribution in [0.1, 0.15) is 35.2 Å². The van der Waals surface area contributed by atoms with Gasteiger partial charge in [0.25, 0.3) is 5.91 Å². The lowest BCUT2D eigenvalue weighted by Gasteiger charge is -2.22. The average Bonchev–Trinajstić information content (AvgIpc) is 2.95. The minimum atomic E-state index is -1.95. The second-order valence-electron chi connectivity index (χ2n) is 6.77. The van der Waals surface area contributed by atoms with Gasteiger partial charge in [0.2, 0.25) is 0 Å².